The second-order valence-electron chi connectivity index (χ2n) is 3.71. The van der Waals surface area contributed by atoms with E-state index in [0.717, 1.165) is 0 Å². The van der Waals surface area contributed by atoms with Gasteiger partial charge >= 0.3 is 12.0 Å². The maximum atomic E-state index is 11.7. The molecule has 1 aromatic rings. The zero-order valence-corrected chi connectivity index (χ0v) is 8.88. The number of anilines is 1. The number of carboxylic acid groups (broad SMARTS) is 1. The van der Waals surface area contributed by atoms with Crippen LogP contribution in [0.5, 0.6) is 0 Å². The second kappa shape index (κ2) is 3.84. The fourth-order valence-electron chi connectivity index (χ4n) is 1.69. The fourth-order valence-corrected chi connectivity index (χ4v) is 1.69. The molecule has 1 aliphatic heterocycles. The van der Waals surface area contributed by atoms with Gasteiger partial charge in [0.05, 0.1) is 5.56 Å². The molecule has 0 atom stereocenters. The maximum Gasteiger partial charge on any atom is 0.335 e. The largest absolute Gasteiger partial charge is 0.478 e. The predicted molar refractivity (Wildman–Crippen MR) is 58.8 cm³/mol. The normalized spacial score (nSPS) is 15.7. The van der Waals surface area contributed by atoms with Crippen LogP contribution in [0.2, 0.25) is 0 Å². The average molecular weight is 220 g/mol. The minimum Gasteiger partial charge on any atom is -0.478 e. The third-order valence-electron chi connectivity index (χ3n) is 2.62. The Labute approximate surface area is 92.9 Å². The topological polar surface area (TPSA) is 60.9 Å². The molecule has 84 valence electrons. The summed E-state index contributed by atoms with van der Waals surface area (Å²) in [6, 6.07) is 6.31. The first-order chi connectivity index (χ1) is 7.59. The monoisotopic (exact) mass is 220 g/mol. The molecule has 1 saturated heterocycles. The van der Waals surface area contributed by atoms with Gasteiger partial charge in [-0.3, -0.25) is 4.90 Å². The molecule has 0 radical (unpaired) electrons. The van der Waals surface area contributed by atoms with Crippen LogP contribution in [0.25, 0.3) is 0 Å². The number of rotatable bonds is 2. The molecule has 1 N–H and O–H groups in total. The Morgan fingerprint density at radius 2 is 2.12 bits per heavy atom. The lowest BCUT2D eigenvalue weighted by Crippen LogP contribution is -2.29. The number of carbonyl (C=O) groups is 2. The molecule has 5 nitrogen and oxygen atoms in total. The van der Waals surface area contributed by atoms with Crippen LogP contribution >= 0.6 is 0 Å². The van der Waals surface area contributed by atoms with Gasteiger partial charge in [-0.15, -0.1) is 0 Å². The standard InChI is InChI=1S/C11H12N2O3/c1-12-5-6-13(11(12)16)9-4-2-3-8(7-9)10(14)15/h2-4,7H,5-6H2,1H3,(H,14,15). The lowest BCUT2D eigenvalue weighted by atomic mass is 10.2. The number of aromatic carboxylic acids is 1. The van der Waals surface area contributed by atoms with E-state index in [-0.39, 0.29) is 11.6 Å². The van der Waals surface area contributed by atoms with Gasteiger partial charge in [0.2, 0.25) is 0 Å². The average Bonchev–Trinajstić information content (AvgIpc) is 2.60. The summed E-state index contributed by atoms with van der Waals surface area (Å²) in [5.41, 5.74) is 0.828. The minimum absolute atomic E-state index is 0.0949. The minimum atomic E-state index is -0.984. The van der Waals surface area contributed by atoms with Gasteiger partial charge < -0.3 is 10.0 Å². The van der Waals surface area contributed by atoms with Gasteiger partial charge in [0.15, 0.2) is 0 Å². The van der Waals surface area contributed by atoms with Crippen molar-refractivity contribution in [3.05, 3.63) is 29.8 Å². The summed E-state index contributed by atoms with van der Waals surface area (Å²) in [4.78, 5) is 25.7. The Morgan fingerprint density at radius 1 is 1.38 bits per heavy atom. The molecule has 1 aromatic carbocycles. The van der Waals surface area contributed by atoms with E-state index < -0.39 is 5.97 Å². The number of hydrogen-bond donors (Lipinski definition) is 1. The summed E-state index contributed by atoms with van der Waals surface area (Å²) in [5.74, 6) is -0.984. The molecule has 0 bridgehead atoms. The second-order valence-corrected chi connectivity index (χ2v) is 3.71. The number of benzene rings is 1. The molecule has 16 heavy (non-hydrogen) atoms. The summed E-state index contributed by atoms with van der Waals surface area (Å²) >= 11 is 0. The first-order valence-corrected chi connectivity index (χ1v) is 4.95. The van der Waals surface area contributed by atoms with E-state index in [1.807, 2.05) is 0 Å². The Bertz CT molecular complexity index is 445. The molecule has 0 aromatic heterocycles. The van der Waals surface area contributed by atoms with Crippen molar-refractivity contribution >= 4 is 17.7 Å². The molecule has 2 rings (SSSR count). The molecular weight excluding hydrogens is 208 g/mol. The highest BCUT2D eigenvalue weighted by atomic mass is 16.4. The number of nitrogens with zero attached hydrogens (tertiary/aromatic N) is 2. The third kappa shape index (κ3) is 1.71. The van der Waals surface area contributed by atoms with Crippen LogP contribution in [-0.2, 0) is 0 Å². The molecular formula is C11H12N2O3. The summed E-state index contributed by atoms with van der Waals surface area (Å²) in [6.45, 7) is 1.26. The Morgan fingerprint density at radius 3 is 2.69 bits per heavy atom. The van der Waals surface area contributed by atoms with E-state index in [2.05, 4.69) is 0 Å². The van der Waals surface area contributed by atoms with Gasteiger partial charge in [0.1, 0.15) is 0 Å². The summed E-state index contributed by atoms with van der Waals surface area (Å²) in [7, 11) is 1.73. The van der Waals surface area contributed by atoms with E-state index in [9.17, 15) is 9.59 Å². The molecule has 5 heteroatoms. The molecule has 0 unspecified atom stereocenters. The smallest absolute Gasteiger partial charge is 0.335 e. The molecule has 2 amide bonds. The van der Waals surface area contributed by atoms with Crippen molar-refractivity contribution in [1.29, 1.82) is 0 Å². The van der Waals surface area contributed by atoms with E-state index in [4.69, 9.17) is 5.11 Å². The van der Waals surface area contributed by atoms with Crippen molar-refractivity contribution in [2.75, 3.05) is 25.0 Å². The van der Waals surface area contributed by atoms with Crippen LogP contribution in [-0.4, -0.2) is 42.1 Å². The lowest BCUT2D eigenvalue weighted by molar-refractivity contribution is 0.0697. The van der Waals surface area contributed by atoms with Gasteiger partial charge in [0, 0.05) is 25.8 Å². The van der Waals surface area contributed by atoms with E-state index >= 15 is 0 Å². The fraction of sp³-hybridized carbons (Fsp3) is 0.273. The summed E-state index contributed by atoms with van der Waals surface area (Å²) in [6.07, 6.45) is 0. The van der Waals surface area contributed by atoms with Crippen molar-refractivity contribution < 1.29 is 14.7 Å². The number of carboxylic acids is 1. The van der Waals surface area contributed by atoms with Crippen molar-refractivity contribution in [2.24, 2.45) is 0 Å². The number of amides is 2. The number of urea groups is 1. The van der Waals surface area contributed by atoms with Gasteiger partial charge in [-0.05, 0) is 18.2 Å². The Balaban J connectivity index is 2.31. The van der Waals surface area contributed by atoms with Crippen LogP contribution < -0.4 is 4.90 Å². The molecule has 1 aliphatic rings. The SMILES string of the molecule is CN1CCN(c2cccc(C(=O)O)c2)C1=O. The summed E-state index contributed by atoms with van der Waals surface area (Å²) in [5, 5.41) is 8.86. The van der Waals surface area contributed by atoms with Crippen molar-refractivity contribution in [3.63, 3.8) is 0 Å². The van der Waals surface area contributed by atoms with Crippen LogP contribution in [0, 0.1) is 0 Å². The number of hydrogen-bond acceptors (Lipinski definition) is 2. The van der Waals surface area contributed by atoms with Gasteiger partial charge in [-0.1, -0.05) is 6.07 Å². The van der Waals surface area contributed by atoms with Crippen molar-refractivity contribution in [1.82, 2.24) is 4.90 Å². The van der Waals surface area contributed by atoms with Crippen LogP contribution in [0.3, 0.4) is 0 Å². The third-order valence-corrected chi connectivity index (χ3v) is 2.62. The zero-order chi connectivity index (χ0) is 11.7. The van der Waals surface area contributed by atoms with Gasteiger partial charge in [0.25, 0.3) is 0 Å². The van der Waals surface area contributed by atoms with Crippen molar-refractivity contribution in [3.8, 4) is 0 Å². The molecule has 0 aliphatic carbocycles. The zero-order valence-electron chi connectivity index (χ0n) is 8.88. The molecule has 1 fully saturated rings. The lowest BCUT2D eigenvalue weighted by Gasteiger charge is -2.16. The first-order valence-electron chi connectivity index (χ1n) is 4.95. The van der Waals surface area contributed by atoms with Gasteiger partial charge in [-0.2, -0.15) is 0 Å². The maximum absolute atomic E-state index is 11.7. The quantitative estimate of drug-likeness (QED) is 0.816. The first kappa shape index (κ1) is 10.5. The highest BCUT2D eigenvalue weighted by Crippen LogP contribution is 2.20. The Hall–Kier alpha value is -2.04. The summed E-state index contributed by atoms with van der Waals surface area (Å²) < 4.78 is 0. The number of likely N-dealkylation sites (N-methyl/N-ethyl adjacent to an activating group) is 1. The van der Waals surface area contributed by atoms with Crippen LogP contribution in [0.1, 0.15) is 10.4 Å². The molecule has 0 saturated carbocycles. The molecule has 1 heterocycles. The van der Waals surface area contributed by atoms with E-state index in [0.29, 0.717) is 18.8 Å². The van der Waals surface area contributed by atoms with E-state index in [1.54, 1.807) is 29.0 Å². The number of carbonyl (C=O) groups excluding carboxylic acids is 1. The van der Waals surface area contributed by atoms with E-state index in [1.165, 1.54) is 12.1 Å². The highest BCUT2D eigenvalue weighted by Gasteiger charge is 2.26. The van der Waals surface area contributed by atoms with Crippen molar-refractivity contribution in [2.45, 2.75) is 0 Å². The highest BCUT2D eigenvalue weighted by molar-refractivity contribution is 5.96. The van der Waals surface area contributed by atoms with Gasteiger partial charge in [-0.25, -0.2) is 9.59 Å². The van der Waals surface area contributed by atoms with Crippen LogP contribution in [0.15, 0.2) is 24.3 Å². The van der Waals surface area contributed by atoms with Crippen LogP contribution in [0.4, 0.5) is 10.5 Å². The predicted octanol–water partition coefficient (Wildman–Crippen LogP) is 1.26. The molecule has 0 spiro atoms. The Kier molecular flexibility index (Phi) is 2.52.